The van der Waals surface area contributed by atoms with E-state index in [0.717, 1.165) is 40.7 Å². The van der Waals surface area contributed by atoms with E-state index >= 15 is 0 Å². The molecule has 1 N–H and O–H groups in total. The van der Waals surface area contributed by atoms with Crippen molar-refractivity contribution in [2.75, 3.05) is 5.32 Å². The minimum atomic E-state index is -0.0560. The smallest absolute Gasteiger partial charge is 0.230 e. The van der Waals surface area contributed by atoms with Gasteiger partial charge in [0.25, 0.3) is 0 Å². The fraction of sp³-hybridized carbons (Fsp3) is 0.353. The Morgan fingerprint density at radius 2 is 2.13 bits per heavy atom. The number of unbranched alkanes of at least 4 members (excludes halogenated alkanes) is 1. The first-order valence-corrected chi connectivity index (χ1v) is 8.64. The summed E-state index contributed by atoms with van der Waals surface area (Å²) in [4.78, 5) is 12.3. The maximum Gasteiger partial charge on any atom is 0.230 e. The number of hydrogen-bond acceptors (Lipinski definition) is 4. The number of hydrogen-bond donors (Lipinski definition) is 1. The summed E-state index contributed by atoms with van der Waals surface area (Å²) in [6.07, 6.45) is 5.50. The molecule has 23 heavy (non-hydrogen) atoms. The highest BCUT2D eigenvalue weighted by Crippen LogP contribution is 2.22. The Kier molecular flexibility index (Phi) is 4.71. The number of para-hydroxylation sites is 1. The van der Waals surface area contributed by atoms with Crippen molar-refractivity contribution in [1.82, 2.24) is 14.8 Å². The van der Waals surface area contributed by atoms with E-state index in [2.05, 4.69) is 28.5 Å². The van der Waals surface area contributed by atoms with Crippen LogP contribution in [0.5, 0.6) is 0 Å². The van der Waals surface area contributed by atoms with E-state index in [1.165, 1.54) is 11.3 Å². The van der Waals surface area contributed by atoms with Gasteiger partial charge in [-0.2, -0.15) is 0 Å². The molecule has 2 aromatic heterocycles. The predicted molar refractivity (Wildman–Crippen MR) is 93.8 cm³/mol. The highest BCUT2D eigenvalue weighted by molar-refractivity contribution is 7.15. The van der Waals surface area contributed by atoms with Gasteiger partial charge < -0.3 is 9.88 Å². The SMILES string of the molecule is CCCCc1nnc(NC(=O)Cc2cn(C)c3ccccc23)s1. The first-order chi connectivity index (χ1) is 11.2. The van der Waals surface area contributed by atoms with E-state index in [1.54, 1.807) is 0 Å². The van der Waals surface area contributed by atoms with Crippen molar-refractivity contribution in [3.8, 4) is 0 Å². The van der Waals surface area contributed by atoms with E-state index in [0.29, 0.717) is 11.6 Å². The third-order valence-corrected chi connectivity index (χ3v) is 4.69. The van der Waals surface area contributed by atoms with Crippen LogP contribution in [0.25, 0.3) is 10.9 Å². The molecule has 1 aromatic carbocycles. The Morgan fingerprint density at radius 1 is 1.30 bits per heavy atom. The molecule has 0 atom stereocenters. The van der Waals surface area contributed by atoms with Crippen LogP contribution in [0.1, 0.15) is 30.3 Å². The first-order valence-electron chi connectivity index (χ1n) is 7.82. The third kappa shape index (κ3) is 3.59. The van der Waals surface area contributed by atoms with Gasteiger partial charge in [-0.3, -0.25) is 4.79 Å². The van der Waals surface area contributed by atoms with E-state index in [4.69, 9.17) is 0 Å². The first kappa shape index (κ1) is 15.7. The lowest BCUT2D eigenvalue weighted by Gasteiger charge is -2.00. The molecule has 3 rings (SSSR count). The number of anilines is 1. The van der Waals surface area contributed by atoms with E-state index in [-0.39, 0.29) is 5.91 Å². The molecule has 0 spiro atoms. The van der Waals surface area contributed by atoms with Crippen LogP contribution >= 0.6 is 11.3 Å². The lowest BCUT2D eigenvalue weighted by Crippen LogP contribution is -2.14. The highest BCUT2D eigenvalue weighted by Gasteiger charge is 2.12. The summed E-state index contributed by atoms with van der Waals surface area (Å²) in [5.41, 5.74) is 2.16. The van der Waals surface area contributed by atoms with Crippen molar-refractivity contribution >= 4 is 33.3 Å². The van der Waals surface area contributed by atoms with Gasteiger partial charge in [-0.25, -0.2) is 0 Å². The number of carbonyl (C=O) groups excluding carboxylic acids is 1. The second-order valence-electron chi connectivity index (χ2n) is 5.61. The van der Waals surface area contributed by atoms with Crippen molar-refractivity contribution in [2.24, 2.45) is 7.05 Å². The Labute approximate surface area is 139 Å². The van der Waals surface area contributed by atoms with Gasteiger partial charge in [-0.1, -0.05) is 42.9 Å². The van der Waals surface area contributed by atoms with E-state index in [1.807, 2.05) is 36.0 Å². The summed E-state index contributed by atoms with van der Waals surface area (Å²) in [6, 6.07) is 8.10. The van der Waals surface area contributed by atoms with Gasteiger partial charge in [0.05, 0.1) is 6.42 Å². The van der Waals surface area contributed by atoms with Gasteiger partial charge in [0.15, 0.2) is 0 Å². The maximum atomic E-state index is 12.3. The van der Waals surface area contributed by atoms with Crippen LogP contribution < -0.4 is 5.32 Å². The molecule has 6 heteroatoms. The largest absolute Gasteiger partial charge is 0.350 e. The molecule has 0 bridgehead atoms. The summed E-state index contributed by atoms with van der Waals surface area (Å²) < 4.78 is 2.05. The van der Waals surface area contributed by atoms with Crippen molar-refractivity contribution in [1.29, 1.82) is 0 Å². The molecule has 2 heterocycles. The van der Waals surface area contributed by atoms with Crippen molar-refractivity contribution in [2.45, 2.75) is 32.6 Å². The van der Waals surface area contributed by atoms with Gasteiger partial charge in [0.2, 0.25) is 11.0 Å². The van der Waals surface area contributed by atoms with E-state index in [9.17, 15) is 4.79 Å². The van der Waals surface area contributed by atoms with Gasteiger partial charge in [-0.15, -0.1) is 10.2 Å². The second kappa shape index (κ2) is 6.91. The van der Waals surface area contributed by atoms with Crippen molar-refractivity contribution < 1.29 is 4.79 Å². The van der Waals surface area contributed by atoms with Crippen LogP contribution in [0, 0.1) is 0 Å². The minimum absolute atomic E-state index is 0.0560. The molecule has 0 saturated heterocycles. The summed E-state index contributed by atoms with van der Waals surface area (Å²) >= 11 is 1.46. The Morgan fingerprint density at radius 3 is 2.96 bits per heavy atom. The zero-order chi connectivity index (χ0) is 16.2. The number of fused-ring (bicyclic) bond motifs is 1. The Bertz CT molecular complexity index is 821. The molecule has 0 aliphatic carbocycles. The molecular weight excluding hydrogens is 308 g/mol. The fourth-order valence-electron chi connectivity index (χ4n) is 2.64. The molecule has 0 fully saturated rings. The van der Waals surface area contributed by atoms with Crippen LogP contribution in [0.4, 0.5) is 5.13 Å². The highest BCUT2D eigenvalue weighted by atomic mass is 32.1. The van der Waals surface area contributed by atoms with Crippen molar-refractivity contribution in [3.05, 3.63) is 41.0 Å². The molecule has 0 radical (unpaired) electrons. The van der Waals surface area contributed by atoms with Crippen LogP contribution in [-0.4, -0.2) is 20.7 Å². The van der Waals surface area contributed by atoms with Gasteiger partial charge in [0, 0.05) is 30.6 Å². The van der Waals surface area contributed by atoms with Gasteiger partial charge in [-0.05, 0) is 18.1 Å². The molecule has 120 valence electrons. The van der Waals surface area contributed by atoms with E-state index < -0.39 is 0 Å². The average molecular weight is 328 g/mol. The number of benzene rings is 1. The van der Waals surface area contributed by atoms with Crippen molar-refractivity contribution in [3.63, 3.8) is 0 Å². The Balaban J connectivity index is 1.68. The topological polar surface area (TPSA) is 59.8 Å². The lowest BCUT2D eigenvalue weighted by atomic mass is 10.1. The number of nitrogens with one attached hydrogen (secondary N) is 1. The third-order valence-electron chi connectivity index (χ3n) is 3.79. The molecule has 0 aliphatic heterocycles. The van der Waals surface area contributed by atoms with Crippen LogP contribution in [-0.2, 0) is 24.7 Å². The molecule has 5 nitrogen and oxygen atoms in total. The molecule has 1 amide bonds. The second-order valence-corrected chi connectivity index (χ2v) is 6.67. The zero-order valence-corrected chi connectivity index (χ0v) is 14.2. The monoisotopic (exact) mass is 328 g/mol. The summed E-state index contributed by atoms with van der Waals surface area (Å²) in [7, 11) is 1.99. The number of nitrogens with zero attached hydrogens (tertiary/aromatic N) is 3. The maximum absolute atomic E-state index is 12.3. The minimum Gasteiger partial charge on any atom is -0.350 e. The number of carbonyl (C=O) groups is 1. The van der Waals surface area contributed by atoms with Crippen LogP contribution in [0.2, 0.25) is 0 Å². The van der Waals surface area contributed by atoms with Gasteiger partial charge in [0.1, 0.15) is 5.01 Å². The summed E-state index contributed by atoms with van der Waals surface area (Å²) in [5, 5.41) is 13.7. The summed E-state index contributed by atoms with van der Waals surface area (Å²) in [5.74, 6) is -0.0560. The molecular formula is C17H20N4OS. The fourth-order valence-corrected chi connectivity index (χ4v) is 3.43. The average Bonchev–Trinajstić information content (AvgIpc) is 3.11. The number of amides is 1. The number of aryl methyl sites for hydroxylation is 2. The molecule has 0 unspecified atom stereocenters. The Hall–Kier alpha value is -2.21. The van der Waals surface area contributed by atoms with Crippen LogP contribution in [0.15, 0.2) is 30.5 Å². The normalized spacial score (nSPS) is 11.0. The molecule has 0 aliphatic rings. The van der Waals surface area contributed by atoms with Crippen LogP contribution in [0.3, 0.4) is 0 Å². The van der Waals surface area contributed by atoms with Gasteiger partial charge >= 0.3 is 0 Å². The quantitative estimate of drug-likeness (QED) is 0.753. The number of rotatable bonds is 6. The number of aromatic nitrogens is 3. The molecule has 0 saturated carbocycles. The molecule has 3 aromatic rings. The zero-order valence-electron chi connectivity index (χ0n) is 13.4. The standard InChI is InChI=1S/C17H20N4OS/c1-3-4-9-16-19-20-17(23-16)18-15(22)10-12-11-21(2)14-8-6-5-7-13(12)14/h5-8,11H,3-4,9-10H2,1-2H3,(H,18,20,22). The summed E-state index contributed by atoms with van der Waals surface area (Å²) in [6.45, 7) is 2.15. The predicted octanol–water partition coefficient (Wildman–Crippen LogP) is 3.55. The lowest BCUT2D eigenvalue weighted by molar-refractivity contribution is -0.115.